The number of nitrogen functional groups attached to an aromatic ring is 1. The summed E-state index contributed by atoms with van der Waals surface area (Å²) >= 11 is 0. The molecule has 18 heteroatoms. The molecule has 2 saturated carbocycles. The van der Waals surface area contributed by atoms with E-state index in [0.29, 0.717) is 23.2 Å². The summed E-state index contributed by atoms with van der Waals surface area (Å²) in [5.74, 6) is 1.46. The van der Waals surface area contributed by atoms with Crippen molar-refractivity contribution in [3.63, 3.8) is 0 Å². The molecule has 5 fully saturated rings. The lowest BCUT2D eigenvalue weighted by Crippen LogP contribution is -2.54. The first kappa shape index (κ1) is 36.3. The smallest absolute Gasteiger partial charge is 0.346 e. The SMILES string of the molecule is C1CCC(NC(NC2CCCCC2)=[N+]2CCOCC2)CC1.Nc1ncnc2c1ncn2[C@@H]1O[C@H](COP(=O)([O-])N2CCOCC2)[C@@H](O)[C@H]1O. The summed E-state index contributed by atoms with van der Waals surface area (Å²) < 4.78 is 38.7. The molecule has 0 spiro atoms. The number of nitrogens with zero attached hydrogens (tertiary/aromatic N) is 6. The number of fused-ring (bicyclic) bond motifs is 1. The molecule has 0 aromatic carbocycles. The Morgan fingerprint density at radius 1 is 0.939 bits per heavy atom. The monoisotopic (exact) mass is 709 g/mol. The highest BCUT2D eigenvalue weighted by molar-refractivity contribution is 7.48. The second-order valence-electron chi connectivity index (χ2n) is 13.4. The molecule has 2 aromatic rings. The van der Waals surface area contributed by atoms with Gasteiger partial charge in [-0.05, 0) is 25.7 Å². The van der Waals surface area contributed by atoms with E-state index in [2.05, 4.69) is 30.2 Å². The van der Waals surface area contributed by atoms with Crippen molar-refractivity contribution in [2.75, 3.05) is 64.9 Å². The van der Waals surface area contributed by atoms with E-state index in [1.165, 1.54) is 92.1 Å². The second kappa shape index (κ2) is 17.2. The molecule has 3 saturated heterocycles. The van der Waals surface area contributed by atoms with E-state index < -0.39 is 38.9 Å². The van der Waals surface area contributed by atoms with Crippen molar-refractivity contribution in [2.24, 2.45) is 0 Å². The topological polar surface area (TPSA) is 217 Å². The Morgan fingerprint density at radius 3 is 2.18 bits per heavy atom. The van der Waals surface area contributed by atoms with Crippen molar-refractivity contribution in [1.82, 2.24) is 34.8 Å². The zero-order valence-electron chi connectivity index (χ0n) is 28.1. The van der Waals surface area contributed by atoms with Gasteiger partial charge in [-0.25, -0.2) is 19.6 Å². The molecule has 2 aliphatic carbocycles. The Bertz CT molecular complexity index is 1400. The Labute approximate surface area is 286 Å². The first-order valence-electron chi connectivity index (χ1n) is 17.8. The molecule has 1 unspecified atom stereocenters. The van der Waals surface area contributed by atoms with Crippen LogP contribution in [0.5, 0.6) is 0 Å². The van der Waals surface area contributed by atoms with Crippen LogP contribution < -0.4 is 21.3 Å². The lowest BCUT2D eigenvalue weighted by Gasteiger charge is -2.37. The van der Waals surface area contributed by atoms with Crippen LogP contribution in [0, 0.1) is 0 Å². The number of ether oxygens (including phenoxy) is 3. The number of aliphatic hydroxyl groups is 2. The molecule has 6 N–H and O–H groups in total. The van der Waals surface area contributed by atoms with Gasteiger partial charge >= 0.3 is 5.96 Å². The number of imidazole rings is 1. The van der Waals surface area contributed by atoms with Gasteiger partial charge in [0.05, 0.1) is 64.5 Å². The van der Waals surface area contributed by atoms with Crippen LogP contribution in [-0.2, 0) is 23.3 Å². The molecule has 0 bridgehead atoms. The van der Waals surface area contributed by atoms with Gasteiger partial charge in [-0.15, -0.1) is 0 Å². The molecule has 7 rings (SSSR count). The summed E-state index contributed by atoms with van der Waals surface area (Å²) in [4.78, 5) is 24.3. The van der Waals surface area contributed by atoms with E-state index in [1.54, 1.807) is 0 Å². The van der Waals surface area contributed by atoms with Crippen LogP contribution >= 0.6 is 7.75 Å². The number of aliphatic hydroxyl groups excluding tert-OH is 2. The second-order valence-corrected chi connectivity index (χ2v) is 15.1. The predicted molar refractivity (Wildman–Crippen MR) is 177 cm³/mol. The van der Waals surface area contributed by atoms with Crippen molar-refractivity contribution >= 4 is 30.7 Å². The van der Waals surface area contributed by atoms with E-state index in [0.717, 1.165) is 26.3 Å². The Morgan fingerprint density at radius 2 is 1.55 bits per heavy atom. The molecule has 274 valence electrons. The van der Waals surface area contributed by atoms with Crippen molar-refractivity contribution in [1.29, 1.82) is 0 Å². The van der Waals surface area contributed by atoms with Gasteiger partial charge in [-0.2, -0.15) is 0 Å². The standard InChI is InChI=1S/C17H31N3O.C14H21N6O7P/c1-3-7-15(8-4-1)18-17(20-11-13-21-14-12-20)19-16-9-5-2-6-10-16;15-12-9-13(17-6-16-12)20(7-18-9)14-11(22)10(21)8(27-14)5-26-28(23,24)19-1-3-25-4-2-19/h15-16H,1-14H2,(H,18,19);6-8,10-11,14,21-22H,1-5H2,(H,23,24)(H2,15,16,17)/t;8-,10-,11-,14-/m.1/s1. The summed E-state index contributed by atoms with van der Waals surface area (Å²) in [7, 11) is -4.32. The fourth-order valence-corrected chi connectivity index (χ4v) is 8.24. The zero-order chi connectivity index (χ0) is 34.2. The van der Waals surface area contributed by atoms with Crippen LogP contribution in [0.25, 0.3) is 11.2 Å². The highest BCUT2D eigenvalue weighted by Gasteiger charge is 2.45. The normalized spacial score (nSPS) is 28.8. The number of nitrogens with one attached hydrogen (secondary N) is 2. The van der Waals surface area contributed by atoms with Gasteiger partial charge in [-0.3, -0.25) is 24.3 Å². The molecule has 0 amide bonds. The first-order chi connectivity index (χ1) is 23.8. The van der Waals surface area contributed by atoms with E-state index in [1.807, 2.05) is 0 Å². The van der Waals surface area contributed by atoms with Crippen molar-refractivity contribution in [3.05, 3.63) is 12.7 Å². The minimum Gasteiger partial charge on any atom is -0.766 e. The molecular weight excluding hydrogens is 657 g/mol. The van der Waals surface area contributed by atoms with Crippen molar-refractivity contribution < 1.29 is 43.0 Å². The van der Waals surface area contributed by atoms with E-state index in [9.17, 15) is 19.7 Å². The van der Waals surface area contributed by atoms with Crippen LogP contribution in [0.2, 0.25) is 0 Å². The Kier molecular flexibility index (Phi) is 12.7. The van der Waals surface area contributed by atoms with E-state index >= 15 is 0 Å². The fraction of sp³-hybridized carbons (Fsp3) is 0.806. The number of nitrogens with two attached hydrogens (primary N) is 1. The third-order valence-electron chi connectivity index (χ3n) is 9.95. The van der Waals surface area contributed by atoms with E-state index in [4.69, 9.17) is 24.5 Å². The third-order valence-corrected chi connectivity index (χ3v) is 11.5. The quantitative estimate of drug-likeness (QED) is 0.146. The maximum Gasteiger partial charge on any atom is 0.346 e. The summed E-state index contributed by atoms with van der Waals surface area (Å²) in [6.07, 6.45) is 11.5. The van der Waals surface area contributed by atoms with Gasteiger partial charge in [0.15, 0.2) is 17.7 Å². The molecule has 3 aliphatic heterocycles. The highest BCUT2D eigenvalue weighted by Crippen LogP contribution is 2.43. The van der Waals surface area contributed by atoms with Gasteiger partial charge in [0.25, 0.3) is 0 Å². The van der Waals surface area contributed by atoms with Crippen LogP contribution in [0.1, 0.15) is 70.4 Å². The fourth-order valence-electron chi connectivity index (χ4n) is 7.09. The number of hydrogen-bond donors (Lipinski definition) is 5. The average molecular weight is 710 g/mol. The van der Waals surface area contributed by atoms with Crippen LogP contribution in [0.15, 0.2) is 12.7 Å². The maximum absolute atomic E-state index is 12.3. The number of rotatable bonds is 7. The van der Waals surface area contributed by atoms with Gasteiger partial charge in [-0.1, -0.05) is 38.5 Å². The van der Waals surface area contributed by atoms with Gasteiger partial charge < -0.3 is 39.6 Å². The molecule has 17 nitrogen and oxygen atoms in total. The first-order valence-corrected chi connectivity index (χ1v) is 19.3. The lowest BCUT2D eigenvalue weighted by molar-refractivity contribution is -0.553. The molecule has 5 atom stereocenters. The minimum atomic E-state index is -4.32. The summed E-state index contributed by atoms with van der Waals surface area (Å²) in [5.41, 5.74) is 6.38. The minimum absolute atomic E-state index is 0.162. The Hall–Kier alpha value is -2.47. The molecule has 0 radical (unpaired) electrons. The Balaban J connectivity index is 0.000000177. The number of morpholine rings is 2. The summed E-state index contributed by atoms with van der Waals surface area (Å²) in [6.45, 7) is 4.30. The van der Waals surface area contributed by atoms with Crippen LogP contribution in [0.3, 0.4) is 0 Å². The summed E-state index contributed by atoms with van der Waals surface area (Å²) in [5, 5.41) is 28.4. The molecule has 5 aliphatic rings. The predicted octanol–water partition coefficient (Wildman–Crippen LogP) is 0.0746. The van der Waals surface area contributed by atoms with Gasteiger partial charge in [0.1, 0.15) is 30.2 Å². The molecule has 5 heterocycles. The molecule has 49 heavy (non-hydrogen) atoms. The number of anilines is 1. The number of hydrogen-bond acceptors (Lipinski definition) is 12. The van der Waals surface area contributed by atoms with Crippen molar-refractivity contribution in [2.45, 2.75) is 101 Å². The largest absolute Gasteiger partial charge is 0.766 e. The van der Waals surface area contributed by atoms with Gasteiger partial charge in [0, 0.05) is 13.1 Å². The summed E-state index contributed by atoms with van der Waals surface area (Å²) in [6, 6.07) is 1.35. The number of aromatic nitrogens is 4. The third kappa shape index (κ3) is 9.26. The molecular formula is C31H52N9O8P. The van der Waals surface area contributed by atoms with Crippen molar-refractivity contribution in [3.8, 4) is 0 Å². The zero-order valence-corrected chi connectivity index (χ0v) is 29.0. The average Bonchev–Trinajstić information content (AvgIpc) is 3.69. The van der Waals surface area contributed by atoms with Gasteiger partial charge in [0.2, 0.25) is 7.75 Å². The van der Waals surface area contributed by atoms with Crippen LogP contribution in [0.4, 0.5) is 5.82 Å². The van der Waals surface area contributed by atoms with E-state index in [-0.39, 0.29) is 32.1 Å². The lowest BCUT2D eigenvalue weighted by atomic mass is 9.95. The number of guanidine groups is 1. The maximum atomic E-state index is 12.3. The molecule has 2 aromatic heterocycles. The highest BCUT2D eigenvalue weighted by atomic mass is 31.2. The van der Waals surface area contributed by atoms with Crippen LogP contribution in [-0.4, -0.2) is 135 Å².